The summed E-state index contributed by atoms with van der Waals surface area (Å²) in [4.78, 5) is 39.7. The van der Waals surface area contributed by atoms with Gasteiger partial charge in [-0.25, -0.2) is 4.79 Å². The van der Waals surface area contributed by atoms with Gasteiger partial charge in [0.25, 0.3) is 5.91 Å². The topological polar surface area (TPSA) is 81.8 Å². The van der Waals surface area contributed by atoms with Crippen molar-refractivity contribution in [2.24, 2.45) is 0 Å². The molecule has 0 aliphatic carbocycles. The Balaban J connectivity index is 1.51. The maximum atomic E-state index is 12.7. The zero-order valence-electron chi connectivity index (χ0n) is 15.9. The van der Waals surface area contributed by atoms with Gasteiger partial charge in [-0.2, -0.15) is 0 Å². The van der Waals surface area contributed by atoms with E-state index < -0.39 is 0 Å². The minimum absolute atomic E-state index is 0.100. The Morgan fingerprint density at radius 3 is 2.25 bits per heavy atom. The number of amides is 4. The maximum Gasteiger partial charge on any atom is 0.317 e. The highest BCUT2D eigenvalue weighted by Gasteiger charge is 2.24. The summed E-state index contributed by atoms with van der Waals surface area (Å²) < 4.78 is 0. The molecule has 0 unspecified atom stereocenters. The lowest BCUT2D eigenvalue weighted by atomic mass is 10.1. The van der Waals surface area contributed by atoms with Crippen molar-refractivity contribution in [3.63, 3.8) is 0 Å². The van der Waals surface area contributed by atoms with Crippen LogP contribution in [0, 0.1) is 0 Å². The molecule has 0 atom stereocenters. The van der Waals surface area contributed by atoms with E-state index in [1.807, 2.05) is 30.3 Å². The number of hydrogen-bond donors (Lipinski definition) is 2. The SMILES string of the molecule is CC(=O)Nc1cccc(C(=O)N2CCN(C(=O)NCc3ccccc3)CC2)c1. The van der Waals surface area contributed by atoms with Crippen molar-refractivity contribution in [1.82, 2.24) is 15.1 Å². The van der Waals surface area contributed by atoms with Crippen molar-refractivity contribution in [3.8, 4) is 0 Å². The van der Waals surface area contributed by atoms with Crippen LogP contribution in [0.1, 0.15) is 22.8 Å². The highest BCUT2D eigenvalue weighted by atomic mass is 16.2. The number of hydrogen-bond acceptors (Lipinski definition) is 3. The number of urea groups is 1. The Kier molecular flexibility index (Phi) is 6.26. The first-order valence-corrected chi connectivity index (χ1v) is 9.26. The first-order valence-electron chi connectivity index (χ1n) is 9.26. The van der Waals surface area contributed by atoms with Gasteiger partial charge in [0.15, 0.2) is 0 Å². The molecule has 2 aromatic carbocycles. The molecule has 3 rings (SSSR count). The van der Waals surface area contributed by atoms with Gasteiger partial charge in [0.1, 0.15) is 0 Å². The Bertz CT molecular complexity index is 846. The molecule has 1 heterocycles. The van der Waals surface area contributed by atoms with Gasteiger partial charge in [0.05, 0.1) is 0 Å². The quantitative estimate of drug-likeness (QED) is 0.854. The van der Waals surface area contributed by atoms with E-state index in [0.29, 0.717) is 44.0 Å². The van der Waals surface area contributed by atoms with Crippen molar-refractivity contribution in [2.45, 2.75) is 13.5 Å². The van der Waals surface area contributed by atoms with Crippen LogP contribution in [0.25, 0.3) is 0 Å². The average Bonchev–Trinajstić information content (AvgIpc) is 2.72. The number of nitrogens with zero attached hydrogens (tertiary/aromatic N) is 2. The van der Waals surface area contributed by atoms with Gasteiger partial charge >= 0.3 is 6.03 Å². The smallest absolute Gasteiger partial charge is 0.317 e. The lowest BCUT2D eigenvalue weighted by Gasteiger charge is -2.34. The van der Waals surface area contributed by atoms with Gasteiger partial charge < -0.3 is 20.4 Å². The Hall–Kier alpha value is -3.35. The van der Waals surface area contributed by atoms with Crippen LogP contribution in [-0.4, -0.2) is 53.8 Å². The summed E-state index contributed by atoms with van der Waals surface area (Å²) in [6, 6.07) is 16.5. The van der Waals surface area contributed by atoms with Gasteiger partial charge in [-0.15, -0.1) is 0 Å². The highest BCUT2D eigenvalue weighted by Crippen LogP contribution is 2.14. The van der Waals surface area contributed by atoms with Crippen molar-refractivity contribution in [3.05, 3.63) is 65.7 Å². The fourth-order valence-electron chi connectivity index (χ4n) is 3.11. The van der Waals surface area contributed by atoms with E-state index in [4.69, 9.17) is 0 Å². The largest absolute Gasteiger partial charge is 0.335 e. The molecular formula is C21H24N4O3. The number of nitrogens with one attached hydrogen (secondary N) is 2. The summed E-state index contributed by atoms with van der Waals surface area (Å²) in [5.74, 6) is -0.281. The second-order valence-electron chi connectivity index (χ2n) is 6.69. The molecule has 0 saturated carbocycles. The van der Waals surface area contributed by atoms with Crippen LogP contribution in [0.15, 0.2) is 54.6 Å². The molecule has 1 aliphatic rings. The van der Waals surface area contributed by atoms with Gasteiger partial charge in [-0.05, 0) is 23.8 Å². The number of benzene rings is 2. The predicted octanol–water partition coefficient (Wildman–Crippen LogP) is 2.31. The summed E-state index contributed by atoms with van der Waals surface area (Å²) in [5.41, 5.74) is 2.16. The molecule has 7 nitrogen and oxygen atoms in total. The van der Waals surface area contributed by atoms with Crippen LogP contribution < -0.4 is 10.6 Å². The van der Waals surface area contributed by atoms with Crippen LogP contribution in [-0.2, 0) is 11.3 Å². The molecule has 0 radical (unpaired) electrons. The number of piperazine rings is 1. The number of carbonyl (C=O) groups is 3. The zero-order valence-corrected chi connectivity index (χ0v) is 15.9. The third-order valence-corrected chi connectivity index (χ3v) is 4.57. The summed E-state index contributed by atoms with van der Waals surface area (Å²) in [5, 5.41) is 5.60. The molecule has 2 N–H and O–H groups in total. The van der Waals surface area contributed by atoms with Gasteiger partial charge in [-0.3, -0.25) is 9.59 Å². The average molecular weight is 380 g/mol. The minimum atomic E-state index is -0.181. The third-order valence-electron chi connectivity index (χ3n) is 4.57. The molecule has 28 heavy (non-hydrogen) atoms. The minimum Gasteiger partial charge on any atom is -0.335 e. The standard InChI is InChI=1S/C21H24N4O3/c1-16(26)23-19-9-5-8-18(14-19)20(27)24-10-12-25(13-11-24)21(28)22-15-17-6-3-2-4-7-17/h2-9,14H,10-13,15H2,1H3,(H,22,28)(H,23,26). The summed E-state index contributed by atoms with van der Waals surface area (Å²) in [7, 11) is 0. The molecule has 0 spiro atoms. The van der Waals surface area contributed by atoms with Crippen LogP contribution in [0.4, 0.5) is 10.5 Å². The number of rotatable bonds is 4. The first kappa shape index (κ1) is 19.4. The lowest BCUT2D eigenvalue weighted by Crippen LogP contribution is -2.53. The van der Waals surface area contributed by atoms with Crippen molar-refractivity contribution >= 4 is 23.5 Å². The molecule has 146 valence electrons. The van der Waals surface area contributed by atoms with Gasteiger partial charge in [0.2, 0.25) is 5.91 Å². The van der Waals surface area contributed by atoms with Crippen LogP contribution in [0.3, 0.4) is 0 Å². The Morgan fingerprint density at radius 1 is 0.893 bits per heavy atom. The predicted molar refractivity (Wildman–Crippen MR) is 107 cm³/mol. The van der Waals surface area contributed by atoms with Gasteiger partial charge in [-0.1, -0.05) is 36.4 Å². The lowest BCUT2D eigenvalue weighted by molar-refractivity contribution is -0.114. The van der Waals surface area contributed by atoms with E-state index >= 15 is 0 Å². The number of anilines is 1. The van der Waals surface area contributed by atoms with E-state index in [1.54, 1.807) is 34.1 Å². The first-order chi connectivity index (χ1) is 13.5. The molecule has 2 aromatic rings. The van der Waals surface area contributed by atoms with Crippen LogP contribution in [0.5, 0.6) is 0 Å². The molecule has 4 amide bonds. The van der Waals surface area contributed by atoms with Crippen LogP contribution >= 0.6 is 0 Å². The molecule has 1 saturated heterocycles. The molecule has 1 aliphatic heterocycles. The van der Waals surface area contributed by atoms with E-state index in [1.165, 1.54) is 6.92 Å². The van der Waals surface area contributed by atoms with Crippen LogP contribution in [0.2, 0.25) is 0 Å². The molecule has 0 bridgehead atoms. The summed E-state index contributed by atoms with van der Waals surface area (Å²) in [6.07, 6.45) is 0. The molecule has 7 heteroatoms. The van der Waals surface area contributed by atoms with E-state index in [-0.39, 0.29) is 17.8 Å². The second-order valence-corrected chi connectivity index (χ2v) is 6.69. The summed E-state index contributed by atoms with van der Waals surface area (Å²) in [6.45, 7) is 3.82. The molecule has 1 fully saturated rings. The Morgan fingerprint density at radius 2 is 1.57 bits per heavy atom. The molecular weight excluding hydrogens is 356 g/mol. The molecule has 0 aromatic heterocycles. The third kappa shape index (κ3) is 5.09. The summed E-state index contributed by atoms with van der Waals surface area (Å²) >= 11 is 0. The van der Waals surface area contributed by atoms with Crippen molar-refractivity contribution < 1.29 is 14.4 Å². The highest BCUT2D eigenvalue weighted by molar-refractivity contribution is 5.97. The fraction of sp³-hybridized carbons (Fsp3) is 0.286. The monoisotopic (exact) mass is 380 g/mol. The van der Waals surface area contributed by atoms with E-state index in [0.717, 1.165) is 5.56 Å². The van der Waals surface area contributed by atoms with E-state index in [2.05, 4.69) is 10.6 Å². The second kappa shape index (κ2) is 9.03. The van der Waals surface area contributed by atoms with Gasteiger partial charge in [0, 0.05) is 50.9 Å². The number of carbonyl (C=O) groups excluding carboxylic acids is 3. The van der Waals surface area contributed by atoms with E-state index in [9.17, 15) is 14.4 Å². The maximum absolute atomic E-state index is 12.7. The van der Waals surface area contributed by atoms with Crippen molar-refractivity contribution in [1.29, 1.82) is 0 Å². The Labute approximate surface area is 164 Å². The zero-order chi connectivity index (χ0) is 19.9. The fourth-order valence-corrected chi connectivity index (χ4v) is 3.11. The normalized spacial score (nSPS) is 13.8. The van der Waals surface area contributed by atoms with Crippen molar-refractivity contribution in [2.75, 3.05) is 31.5 Å².